The van der Waals surface area contributed by atoms with Gasteiger partial charge in [0.1, 0.15) is 5.82 Å². The van der Waals surface area contributed by atoms with E-state index >= 15 is 0 Å². The van der Waals surface area contributed by atoms with E-state index < -0.39 is 17.9 Å². The van der Waals surface area contributed by atoms with E-state index in [1.165, 1.54) is 17.2 Å². The van der Waals surface area contributed by atoms with E-state index in [9.17, 15) is 14.0 Å². The number of benzene rings is 1. The molecule has 30 heavy (non-hydrogen) atoms. The molecule has 1 fully saturated rings. The minimum Gasteiger partial charge on any atom is -0.465 e. The van der Waals surface area contributed by atoms with Crippen LogP contribution in [0.5, 0.6) is 0 Å². The van der Waals surface area contributed by atoms with E-state index in [-0.39, 0.29) is 5.69 Å². The Morgan fingerprint density at radius 1 is 1.13 bits per heavy atom. The maximum absolute atomic E-state index is 14.8. The van der Waals surface area contributed by atoms with Crippen molar-refractivity contribution in [3.05, 3.63) is 53.6 Å². The maximum atomic E-state index is 14.8. The highest BCUT2D eigenvalue weighted by molar-refractivity contribution is 5.99. The number of nitrogens with zero attached hydrogens (tertiary/aromatic N) is 3. The topological polar surface area (TPSA) is 97.8 Å². The molecule has 3 rings (SSSR count). The number of nitrogens with one attached hydrogen (secondary N) is 2. The second-order valence-corrected chi connectivity index (χ2v) is 7.26. The van der Waals surface area contributed by atoms with Crippen LogP contribution < -0.4 is 10.6 Å². The quantitative estimate of drug-likeness (QED) is 0.672. The number of carbonyl (C=O) groups is 2. The van der Waals surface area contributed by atoms with Gasteiger partial charge in [0.05, 0.1) is 17.6 Å². The summed E-state index contributed by atoms with van der Waals surface area (Å²) in [5.41, 5.74) is 2.02. The lowest BCUT2D eigenvalue weighted by atomic mass is 10.1. The van der Waals surface area contributed by atoms with Crippen LogP contribution in [0.1, 0.15) is 17.7 Å². The summed E-state index contributed by atoms with van der Waals surface area (Å²) in [5.74, 6) is -0.439. The molecule has 0 spiro atoms. The second kappa shape index (κ2) is 10.0. The maximum Gasteiger partial charge on any atom is 0.407 e. The molecule has 1 saturated heterocycles. The van der Waals surface area contributed by atoms with Crippen molar-refractivity contribution in [2.24, 2.45) is 0 Å². The minimum absolute atomic E-state index is 0.125. The number of urea groups is 1. The zero-order valence-corrected chi connectivity index (χ0v) is 16.9. The van der Waals surface area contributed by atoms with Crippen molar-refractivity contribution in [2.45, 2.75) is 19.8 Å². The highest BCUT2D eigenvalue weighted by atomic mass is 19.1. The lowest BCUT2D eigenvalue weighted by molar-refractivity contribution is 0.105. The van der Waals surface area contributed by atoms with E-state index in [0.29, 0.717) is 43.9 Å². The highest BCUT2D eigenvalue weighted by Crippen LogP contribution is 2.20. The zero-order chi connectivity index (χ0) is 21.5. The standard InChI is InChI=1S/C21H26FN5O3/c1-15-7-8-17(14-23-15)24-20(28)25-18-6-2-4-16(19(18)22)5-3-9-26-10-12-27(13-11-26)21(29)30/h2,4,6-8,14H,3,5,9-13H2,1H3,(H,29,30)(H2,24,25,28). The van der Waals surface area contributed by atoms with Gasteiger partial charge in [-0.25, -0.2) is 14.0 Å². The van der Waals surface area contributed by atoms with Gasteiger partial charge in [0.25, 0.3) is 0 Å². The number of carboxylic acid groups (broad SMARTS) is 1. The summed E-state index contributed by atoms with van der Waals surface area (Å²) in [5, 5.41) is 14.2. The van der Waals surface area contributed by atoms with Gasteiger partial charge in [-0.2, -0.15) is 0 Å². The van der Waals surface area contributed by atoms with Crippen LogP contribution >= 0.6 is 0 Å². The third-order valence-corrected chi connectivity index (χ3v) is 5.06. The summed E-state index contributed by atoms with van der Waals surface area (Å²) >= 11 is 0. The number of carbonyl (C=O) groups excluding carboxylic acids is 1. The van der Waals surface area contributed by atoms with E-state index in [1.807, 2.05) is 6.92 Å². The van der Waals surface area contributed by atoms with Crippen LogP contribution in [0.15, 0.2) is 36.5 Å². The number of anilines is 2. The Bertz CT molecular complexity index is 883. The normalized spacial score (nSPS) is 14.4. The Morgan fingerprint density at radius 3 is 2.57 bits per heavy atom. The van der Waals surface area contributed by atoms with Crippen LogP contribution in [0, 0.1) is 12.7 Å². The number of amides is 3. The molecule has 0 saturated carbocycles. The first-order valence-electron chi connectivity index (χ1n) is 9.90. The van der Waals surface area contributed by atoms with Gasteiger partial charge in [0.15, 0.2) is 0 Å². The van der Waals surface area contributed by atoms with Crippen molar-refractivity contribution in [2.75, 3.05) is 43.4 Å². The molecule has 9 heteroatoms. The molecule has 2 heterocycles. The lowest BCUT2D eigenvalue weighted by Gasteiger charge is -2.33. The van der Waals surface area contributed by atoms with Crippen molar-refractivity contribution in [3.8, 4) is 0 Å². The van der Waals surface area contributed by atoms with E-state index in [2.05, 4.69) is 20.5 Å². The monoisotopic (exact) mass is 415 g/mol. The number of pyridine rings is 1. The Balaban J connectivity index is 1.49. The second-order valence-electron chi connectivity index (χ2n) is 7.26. The van der Waals surface area contributed by atoms with Crippen molar-refractivity contribution >= 4 is 23.5 Å². The molecule has 0 atom stereocenters. The van der Waals surface area contributed by atoms with Gasteiger partial charge in [0.2, 0.25) is 0 Å². The zero-order valence-electron chi connectivity index (χ0n) is 16.9. The molecule has 2 aromatic rings. The molecule has 1 aromatic heterocycles. The lowest BCUT2D eigenvalue weighted by Crippen LogP contribution is -2.48. The van der Waals surface area contributed by atoms with Crippen LogP contribution in [0.2, 0.25) is 0 Å². The molecule has 0 radical (unpaired) electrons. The van der Waals surface area contributed by atoms with Crippen molar-refractivity contribution in [3.63, 3.8) is 0 Å². The van der Waals surface area contributed by atoms with Crippen LogP contribution in [0.25, 0.3) is 0 Å². The number of halogens is 1. The molecule has 1 aromatic carbocycles. The SMILES string of the molecule is Cc1ccc(NC(=O)Nc2cccc(CCCN3CCN(C(=O)O)CC3)c2F)cn1. The predicted molar refractivity (Wildman–Crippen MR) is 112 cm³/mol. The largest absolute Gasteiger partial charge is 0.465 e. The third-order valence-electron chi connectivity index (χ3n) is 5.06. The summed E-state index contributed by atoms with van der Waals surface area (Å²) in [6.45, 7) is 4.98. The molecule has 1 aliphatic rings. The van der Waals surface area contributed by atoms with Crippen LogP contribution in [-0.2, 0) is 6.42 Å². The van der Waals surface area contributed by atoms with E-state index in [0.717, 1.165) is 18.7 Å². The predicted octanol–water partition coefficient (Wildman–Crippen LogP) is 3.40. The van der Waals surface area contributed by atoms with Crippen LogP contribution in [-0.4, -0.2) is 64.7 Å². The first-order chi connectivity index (χ1) is 14.4. The first kappa shape index (κ1) is 21.5. The summed E-state index contributed by atoms with van der Waals surface area (Å²) in [6, 6.07) is 7.92. The third kappa shape index (κ3) is 5.90. The van der Waals surface area contributed by atoms with Gasteiger partial charge < -0.3 is 20.6 Å². The molecule has 8 nitrogen and oxygen atoms in total. The Morgan fingerprint density at radius 2 is 1.90 bits per heavy atom. The average Bonchev–Trinajstić information content (AvgIpc) is 2.73. The summed E-state index contributed by atoms with van der Waals surface area (Å²) in [4.78, 5) is 30.8. The van der Waals surface area contributed by atoms with Crippen molar-refractivity contribution in [1.82, 2.24) is 14.8 Å². The van der Waals surface area contributed by atoms with Gasteiger partial charge >= 0.3 is 12.1 Å². The molecule has 0 aliphatic carbocycles. The van der Waals surface area contributed by atoms with Gasteiger partial charge in [-0.15, -0.1) is 0 Å². The van der Waals surface area contributed by atoms with E-state index in [1.54, 1.807) is 24.3 Å². The highest BCUT2D eigenvalue weighted by Gasteiger charge is 2.20. The molecule has 3 amide bonds. The van der Waals surface area contributed by atoms with Gasteiger partial charge in [-0.05, 0) is 50.1 Å². The Hall–Kier alpha value is -3.20. The number of aryl methyl sites for hydroxylation is 2. The molecule has 1 aliphatic heterocycles. The fourth-order valence-electron chi connectivity index (χ4n) is 3.35. The number of rotatable bonds is 6. The molecule has 0 bridgehead atoms. The average molecular weight is 415 g/mol. The van der Waals surface area contributed by atoms with Gasteiger partial charge in [0, 0.05) is 31.9 Å². The van der Waals surface area contributed by atoms with E-state index in [4.69, 9.17) is 5.11 Å². The van der Waals surface area contributed by atoms with Crippen molar-refractivity contribution < 1.29 is 19.1 Å². The molecular weight excluding hydrogens is 389 g/mol. The number of hydrogen-bond donors (Lipinski definition) is 3. The van der Waals surface area contributed by atoms with Crippen molar-refractivity contribution in [1.29, 1.82) is 0 Å². The van der Waals surface area contributed by atoms with Gasteiger partial charge in [-0.3, -0.25) is 9.88 Å². The minimum atomic E-state index is -0.885. The summed E-state index contributed by atoms with van der Waals surface area (Å²) in [6.07, 6.45) is 1.93. The number of hydrogen-bond acceptors (Lipinski definition) is 4. The van der Waals surface area contributed by atoms with Crippen LogP contribution in [0.3, 0.4) is 0 Å². The summed E-state index contributed by atoms with van der Waals surface area (Å²) < 4.78 is 14.8. The summed E-state index contributed by atoms with van der Waals surface area (Å²) in [7, 11) is 0. The fourth-order valence-corrected chi connectivity index (χ4v) is 3.35. The number of piperazine rings is 1. The molecule has 0 unspecified atom stereocenters. The molecular formula is C21H26FN5O3. The molecule has 3 N–H and O–H groups in total. The Kier molecular flexibility index (Phi) is 7.18. The first-order valence-corrected chi connectivity index (χ1v) is 9.90. The Labute approximate surface area is 174 Å². The smallest absolute Gasteiger partial charge is 0.407 e. The van der Waals surface area contributed by atoms with Gasteiger partial charge in [-0.1, -0.05) is 12.1 Å². The number of aromatic nitrogens is 1. The fraction of sp³-hybridized carbons (Fsp3) is 0.381. The molecule has 160 valence electrons. The van der Waals surface area contributed by atoms with Crippen LogP contribution in [0.4, 0.5) is 25.4 Å².